The molecule has 1 spiro atoms. The minimum atomic E-state index is -0.966. The van der Waals surface area contributed by atoms with Crippen molar-refractivity contribution in [3.63, 3.8) is 0 Å². The number of aromatic hydroxyl groups is 1. The summed E-state index contributed by atoms with van der Waals surface area (Å²) < 4.78 is 6.08. The molecule has 5 aliphatic rings. The Kier molecular flexibility index (Phi) is 2.55. The molecule has 2 bridgehead atoms. The number of ketones is 1. The summed E-state index contributed by atoms with van der Waals surface area (Å²) in [5.74, 6) is 1.39. The van der Waals surface area contributed by atoms with Crippen LogP contribution in [0.1, 0.15) is 48.8 Å². The maximum absolute atomic E-state index is 12.7. The van der Waals surface area contributed by atoms with Crippen molar-refractivity contribution in [2.75, 3.05) is 6.54 Å². The van der Waals surface area contributed by atoms with E-state index in [0.717, 1.165) is 24.9 Å². The molecule has 3 N–H and O–H groups in total. The predicted molar refractivity (Wildman–Crippen MR) is 89.9 cm³/mol. The van der Waals surface area contributed by atoms with Crippen molar-refractivity contribution in [2.24, 2.45) is 5.92 Å². The molecule has 1 aromatic rings. The molecule has 132 valence electrons. The molecular formula is C20H23NO4. The number of hydrogen-bond donors (Lipinski definition) is 3. The number of phenols is 1. The van der Waals surface area contributed by atoms with Gasteiger partial charge in [0, 0.05) is 18.0 Å². The largest absolute Gasteiger partial charge is 0.504 e. The number of carbonyl (C=O) groups is 1. The number of Topliss-reactive ketones (excluding diaryl/α,β-unsaturated/α-hetero) is 1. The lowest BCUT2D eigenvalue weighted by Crippen LogP contribution is -2.76. The molecule has 2 heterocycles. The third kappa shape index (κ3) is 1.56. The van der Waals surface area contributed by atoms with Gasteiger partial charge in [0.05, 0.1) is 11.0 Å². The van der Waals surface area contributed by atoms with Gasteiger partial charge in [0.2, 0.25) is 0 Å². The second kappa shape index (κ2) is 4.38. The highest BCUT2D eigenvalue weighted by atomic mass is 16.5. The lowest BCUT2D eigenvalue weighted by molar-refractivity contribution is -0.166. The third-order valence-corrected chi connectivity index (χ3v) is 7.51. The van der Waals surface area contributed by atoms with Crippen LogP contribution in [0.2, 0.25) is 0 Å². The monoisotopic (exact) mass is 341 g/mol. The highest BCUT2D eigenvalue weighted by molar-refractivity contribution is 5.90. The zero-order valence-corrected chi connectivity index (χ0v) is 14.2. The maximum atomic E-state index is 12.7. The van der Waals surface area contributed by atoms with Gasteiger partial charge in [-0.3, -0.25) is 4.79 Å². The first-order chi connectivity index (χ1) is 12.0. The van der Waals surface area contributed by atoms with Crippen molar-refractivity contribution in [1.29, 1.82) is 0 Å². The van der Waals surface area contributed by atoms with E-state index in [-0.39, 0.29) is 17.6 Å². The number of carbonyl (C=O) groups excluding carboxylic acids is 1. The van der Waals surface area contributed by atoms with E-state index in [9.17, 15) is 15.0 Å². The van der Waals surface area contributed by atoms with Crippen LogP contribution in [-0.2, 0) is 23.1 Å². The van der Waals surface area contributed by atoms with E-state index in [1.807, 2.05) is 6.07 Å². The molecule has 2 aliphatic heterocycles. The van der Waals surface area contributed by atoms with E-state index in [1.165, 1.54) is 24.0 Å². The van der Waals surface area contributed by atoms with E-state index >= 15 is 0 Å². The topological polar surface area (TPSA) is 78.8 Å². The predicted octanol–water partition coefficient (Wildman–Crippen LogP) is 1.36. The van der Waals surface area contributed by atoms with Crippen molar-refractivity contribution in [1.82, 2.24) is 5.32 Å². The average Bonchev–Trinajstić information content (AvgIpc) is 3.30. The summed E-state index contributed by atoms with van der Waals surface area (Å²) in [4.78, 5) is 12.7. The Hall–Kier alpha value is -1.59. The third-order valence-electron chi connectivity index (χ3n) is 7.51. The van der Waals surface area contributed by atoms with Crippen molar-refractivity contribution in [3.8, 4) is 11.5 Å². The lowest BCUT2D eigenvalue weighted by atomic mass is 9.49. The quantitative estimate of drug-likeness (QED) is 0.757. The van der Waals surface area contributed by atoms with E-state index in [2.05, 4.69) is 5.32 Å². The van der Waals surface area contributed by atoms with E-state index in [4.69, 9.17) is 4.74 Å². The molecular weight excluding hydrogens is 318 g/mol. The number of aliphatic hydroxyl groups is 1. The average molecular weight is 341 g/mol. The van der Waals surface area contributed by atoms with Crippen LogP contribution < -0.4 is 10.1 Å². The molecule has 5 nitrogen and oxygen atoms in total. The van der Waals surface area contributed by atoms with Gasteiger partial charge < -0.3 is 20.3 Å². The second-order valence-electron chi connectivity index (χ2n) is 8.71. The molecule has 2 saturated carbocycles. The summed E-state index contributed by atoms with van der Waals surface area (Å²) in [6, 6.07) is 1.81. The number of piperidine rings is 1. The normalized spacial score (nSPS) is 40.6. The van der Waals surface area contributed by atoms with Gasteiger partial charge in [0.25, 0.3) is 0 Å². The van der Waals surface area contributed by atoms with Gasteiger partial charge >= 0.3 is 0 Å². The summed E-state index contributed by atoms with van der Waals surface area (Å²) in [7, 11) is 0. The summed E-state index contributed by atoms with van der Waals surface area (Å²) in [5.41, 5.74) is 1.72. The van der Waals surface area contributed by atoms with Crippen LogP contribution in [0.3, 0.4) is 0 Å². The zero-order valence-electron chi connectivity index (χ0n) is 14.2. The highest BCUT2D eigenvalue weighted by Crippen LogP contribution is 2.64. The van der Waals surface area contributed by atoms with E-state index in [0.29, 0.717) is 30.9 Å². The van der Waals surface area contributed by atoms with Gasteiger partial charge in [-0.15, -0.1) is 0 Å². The van der Waals surface area contributed by atoms with Crippen LogP contribution in [0, 0.1) is 5.92 Å². The molecule has 4 atom stereocenters. The fourth-order valence-electron chi connectivity index (χ4n) is 6.20. The fourth-order valence-corrected chi connectivity index (χ4v) is 6.20. The SMILES string of the molecule is O=C1CCC2(O)[C@H]3Cc4c(CC5CC5)cc(O)c5c4[C@@]2(CCN3)[C@H]1O5. The standard InChI is InChI=1S/C20H23NO4/c22-13-3-4-20(24)15-9-12-11(7-10-1-2-10)8-14(23)17-16(12)19(20,5-6-21-15)18(13)25-17/h8,10,15,18,21,23-24H,1-7,9H2/t15-,18+,19+,20?/m1/s1. The summed E-state index contributed by atoms with van der Waals surface area (Å²) in [5, 5.41) is 25.9. The molecule has 1 unspecified atom stereocenters. The number of nitrogens with one attached hydrogen (secondary N) is 1. The van der Waals surface area contributed by atoms with Crippen LogP contribution in [0.5, 0.6) is 11.5 Å². The van der Waals surface area contributed by atoms with Crippen LogP contribution in [-0.4, -0.2) is 40.3 Å². The van der Waals surface area contributed by atoms with Gasteiger partial charge in [-0.2, -0.15) is 0 Å². The molecule has 3 fully saturated rings. The molecule has 25 heavy (non-hydrogen) atoms. The van der Waals surface area contributed by atoms with Crippen molar-refractivity contribution < 1.29 is 19.7 Å². The van der Waals surface area contributed by atoms with Gasteiger partial charge in [-0.25, -0.2) is 0 Å². The van der Waals surface area contributed by atoms with Crippen molar-refractivity contribution >= 4 is 5.78 Å². The summed E-state index contributed by atoms with van der Waals surface area (Å²) in [6.07, 6.45) is 5.12. The number of benzene rings is 1. The van der Waals surface area contributed by atoms with Crippen LogP contribution in [0.4, 0.5) is 0 Å². The first-order valence-corrected chi connectivity index (χ1v) is 9.58. The second-order valence-corrected chi connectivity index (χ2v) is 8.71. The minimum Gasteiger partial charge on any atom is -0.504 e. The Morgan fingerprint density at radius 2 is 2.16 bits per heavy atom. The van der Waals surface area contributed by atoms with Gasteiger partial charge in [-0.1, -0.05) is 0 Å². The Labute approximate surface area is 146 Å². The Morgan fingerprint density at radius 1 is 1.32 bits per heavy atom. The van der Waals surface area contributed by atoms with E-state index in [1.54, 1.807) is 0 Å². The molecule has 0 radical (unpaired) electrons. The van der Waals surface area contributed by atoms with Crippen LogP contribution in [0.25, 0.3) is 0 Å². The summed E-state index contributed by atoms with van der Waals surface area (Å²) in [6.45, 7) is 0.770. The smallest absolute Gasteiger partial charge is 0.174 e. The number of phenolic OH excluding ortho intramolecular Hbond substituents is 1. The molecule has 1 aromatic carbocycles. The first kappa shape index (κ1) is 14.6. The number of hydrogen-bond acceptors (Lipinski definition) is 5. The summed E-state index contributed by atoms with van der Waals surface area (Å²) >= 11 is 0. The lowest BCUT2D eigenvalue weighted by Gasteiger charge is -2.59. The Balaban J connectivity index is 1.65. The van der Waals surface area contributed by atoms with Gasteiger partial charge in [-0.05, 0) is 68.2 Å². The Bertz CT molecular complexity index is 816. The highest BCUT2D eigenvalue weighted by Gasteiger charge is 2.72. The first-order valence-electron chi connectivity index (χ1n) is 9.58. The number of rotatable bonds is 2. The molecule has 6 rings (SSSR count). The van der Waals surface area contributed by atoms with Crippen LogP contribution >= 0.6 is 0 Å². The Morgan fingerprint density at radius 3 is 2.96 bits per heavy atom. The molecule has 5 heteroatoms. The fraction of sp³-hybridized carbons (Fsp3) is 0.650. The van der Waals surface area contributed by atoms with E-state index < -0.39 is 17.1 Å². The zero-order chi connectivity index (χ0) is 17.0. The molecule has 0 amide bonds. The maximum Gasteiger partial charge on any atom is 0.174 e. The van der Waals surface area contributed by atoms with Crippen LogP contribution in [0.15, 0.2) is 6.07 Å². The molecule has 3 aliphatic carbocycles. The minimum absolute atomic E-state index is 0.0404. The van der Waals surface area contributed by atoms with Gasteiger partial charge in [0.15, 0.2) is 23.4 Å². The van der Waals surface area contributed by atoms with Gasteiger partial charge in [0.1, 0.15) is 0 Å². The molecule has 0 aromatic heterocycles. The van der Waals surface area contributed by atoms with Crippen molar-refractivity contribution in [2.45, 2.75) is 68.1 Å². The molecule has 1 saturated heterocycles. The van der Waals surface area contributed by atoms with Crippen molar-refractivity contribution in [3.05, 3.63) is 22.8 Å². The number of ether oxygens (including phenoxy) is 1.